The number of hydrogen-bond acceptors (Lipinski definition) is 4. The first-order valence-electron chi connectivity index (χ1n) is 6.74. The summed E-state index contributed by atoms with van der Waals surface area (Å²) in [6, 6.07) is 9.83. The number of anilines is 1. The monoisotopic (exact) mass is 298 g/mol. The molecule has 0 spiro atoms. The third-order valence-corrected chi connectivity index (χ3v) is 3.55. The number of rotatable bonds is 3. The van der Waals surface area contributed by atoms with Crippen LogP contribution in [0.15, 0.2) is 42.7 Å². The molecule has 1 aromatic carbocycles. The lowest BCUT2D eigenvalue weighted by Crippen LogP contribution is -2.09. The number of halogens is 1. The topological polar surface area (TPSA) is 50.7 Å². The van der Waals surface area contributed by atoms with Crippen LogP contribution < -0.4 is 5.32 Å². The lowest BCUT2D eigenvalue weighted by molar-refractivity contribution is 0.872. The van der Waals surface area contributed by atoms with E-state index in [1.54, 1.807) is 12.4 Å². The zero-order valence-electron chi connectivity index (χ0n) is 11.8. The lowest BCUT2D eigenvalue weighted by Gasteiger charge is -2.17. The number of benzene rings is 1. The van der Waals surface area contributed by atoms with Crippen LogP contribution in [0.5, 0.6) is 0 Å². The van der Waals surface area contributed by atoms with E-state index in [9.17, 15) is 0 Å². The molecule has 0 radical (unpaired) electrons. The van der Waals surface area contributed by atoms with Gasteiger partial charge in [0.2, 0.25) is 0 Å². The summed E-state index contributed by atoms with van der Waals surface area (Å²) in [7, 11) is 0. The van der Waals surface area contributed by atoms with Crippen LogP contribution in [0.3, 0.4) is 0 Å². The normalized spacial score (nSPS) is 12.3. The van der Waals surface area contributed by atoms with E-state index >= 15 is 0 Å². The second-order valence-corrected chi connectivity index (χ2v) is 5.37. The molecule has 2 aromatic heterocycles. The molecular weight excluding hydrogens is 284 g/mol. The van der Waals surface area contributed by atoms with Gasteiger partial charge in [-0.3, -0.25) is 4.98 Å². The highest BCUT2D eigenvalue weighted by Gasteiger charge is 2.10. The van der Waals surface area contributed by atoms with Crippen molar-refractivity contribution in [2.45, 2.75) is 19.9 Å². The molecule has 106 valence electrons. The summed E-state index contributed by atoms with van der Waals surface area (Å²) in [5.41, 5.74) is 1.95. The quantitative estimate of drug-likeness (QED) is 0.789. The Morgan fingerprint density at radius 1 is 1.19 bits per heavy atom. The smallest absolute Gasteiger partial charge is 0.138 e. The number of fused-ring (bicyclic) bond motifs is 1. The van der Waals surface area contributed by atoms with E-state index in [1.165, 1.54) is 0 Å². The number of aromatic nitrogens is 3. The van der Waals surface area contributed by atoms with Gasteiger partial charge in [-0.2, -0.15) is 0 Å². The van der Waals surface area contributed by atoms with Gasteiger partial charge in [0.1, 0.15) is 11.6 Å². The molecule has 0 aliphatic rings. The summed E-state index contributed by atoms with van der Waals surface area (Å²) in [6.07, 6.45) is 3.50. The highest BCUT2D eigenvalue weighted by molar-refractivity contribution is 6.30. The highest BCUT2D eigenvalue weighted by Crippen LogP contribution is 2.25. The summed E-state index contributed by atoms with van der Waals surface area (Å²) >= 11 is 6.05. The predicted octanol–water partition coefficient (Wildman–Crippen LogP) is 4.16. The van der Waals surface area contributed by atoms with Crippen LogP contribution in [-0.2, 0) is 0 Å². The summed E-state index contributed by atoms with van der Waals surface area (Å²) in [5.74, 6) is 1.53. The van der Waals surface area contributed by atoms with Crippen molar-refractivity contribution in [1.82, 2.24) is 15.0 Å². The second kappa shape index (κ2) is 5.66. The van der Waals surface area contributed by atoms with Crippen LogP contribution >= 0.6 is 11.6 Å². The van der Waals surface area contributed by atoms with Crippen molar-refractivity contribution in [2.24, 2.45) is 0 Å². The van der Waals surface area contributed by atoms with Crippen LogP contribution in [-0.4, -0.2) is 15.0 Å². The molecule has 0 aliphatic carbocycles. The molecule has 3 rings (SSSR count). The van der Waals surface area contributed by atoms with Gasteiger partial charge < -0.3 is 5.32 Å². The molecule has 0 amide bonds. The van der Waals surface area contributed by atoms with Crippen molar-refractivity contribution in [3.63, 3.8) is 0 Å². The minimum Gasteiger partial charge on any atom is -0.363 e. The van der Waals surface area contributed by atoms with Crippen molar-refractivity contribution in [3.8, 4) is 0 Å². The Kier molecular flexibility index (Phi) is 3.71. The SMILES string of the molecule is Cc1nc(N[C@H](C)c2cccc(Cl)c2)c2ccncc2n1. The van der Waals surface area contributed by atoms with E-state index in [4.69, 9.17) is 11.6 Å². The van der Waals surface area contributed by atoms with Gasteiger partial charge in [0, 0.05) is 16.6 Å². The van der Waals surface area contributed by atoms with E-state index in [0.29, 0.717) is 0 Å². The van der Waals surface area contributed by atoms with E-state index < -0.39 is 0 Å². The molecule has 0 fully saturated rings. The molecule has 0 saturated heterocycles. The molecule has 0 unspecified atom stereocenters. The molecule has 2 heterocycles. The minimum atomic E-state index is 0.0920. The molecule has 3 aromatic rings. The molecule has 0 saturated carbocycles. The van der Waals surface area contributed by atoms with Crippen LogP contribution in [0.2, 0.25) is 5.02 Å². The Balaban J connectivity index is 1.98. The van der Waals surface area contributed by atoms with Gasteiger partial charge in [-0.15, -0.1) is 0 Å². The maximum absolute atomic E-state index is 6.05. The standard InChI is InChI=1S/C16H15ClN4/c1-10(12-4-3-5-13(17)8-12)19-16-14-6-7-18-9-15(14)20-11(2)21-16/h3-10H,1-2H3,(H,19,20,21)/t10-/m1/s1. The van der Waals surface area contributed by atoms with Crippen molar-refractivity contribution in [2.75, 3.05) is 5.32 Å². The summed E-state index contributed by atoms with van der Waals surface area (Å²) < 4.78 is 0. The van der Waals surface area contributed by atoms with Crippen LogP contribution in [0, 0.1) is 6.92 Å². The Morgan fingerprint density at radius 2 is 2.05 bits per heavy atom. The van der Waals surface area contributed by atoms with Crippen LogP contribution in [0.4, 0.5) is 5.82 Å². The van der Waals surface area contributed by atoms with E-state index in [2.05, 4.69) is 27.2 Å². The van der Waals surface area contributed by atoms with Gasteiger partial charge in [-0.25, -0.2) is 9.97 Å². The Hall–Kier alpha value is -2.20. The fraction of sp³-hybridized carbons (Fsp3) is 0.188. The Labute approximate surface area is 128 Å². The number of pyridine rings is 1. The Bertz CT molecular complexity index is 788. The number of nitrogens with one attached hydrogen (secondary N) is 1. The maximum atomic E-state index is 6.05. The molecule has 21 heavy (non-hydrogen) atoms. The van der Waals surface area contributed by atoms with E-state index in [0.717, 1.165) is 33.1 Å². The maximum Gasteiger partial charge on any atom is 0.138 e. The summed E-state index contributed by atoms with van der Waals surface area (Å²) in [4.78, 5) is 13.0. The second-order valence-electron chi connectivity index (χ2n) is 4.93. The first-order chi connectivity index (χ1) is 10.1. The molecular formula is C16H15ClN4. The van der Waals surface area contributed by atoms with Crippen molar-refractivity contribution in [3.05, 3.63) is 59.1 Å². The first kappa shape index (κ1) is 13.8. The Morgan fingerprint density at radius 3 is 2.86 bits per heavy atom. The largest absolute Gasteiger partial charge is 0.363 e. The predicted molar refractivity (Wildman–Crippen MR) is 85.6 cm³/mol. The minimum absolute atomic E-state index is 0.0920. The zero-order valence-corrected chi connectivity index (χ0v) is 12.6. The summed E-state index contributed by atoms with van der Waals surface area (Å²) in [6.45, 7) is 3.96. The average Bonchev–Trinajstić information content (AvgIpc) is 2.47. The van der Waals surface area contributed by atoms with E-state index in [1.807, 2.05) is 37.3 Å². The average molecular weight is 299 g/mol. The number of hydrogen-bond donors (Lipinski definition) is 1. The van der Waals surface area contributed by atoms with Crippen molar-refractivity contribution >= 4 is 28.3 Å². The molecule has 5 heteroatoms. The summed E-state index contributed by atoms with van der Waals surface area (Å²) in [5, 5.41) is 5.12. The molecule has 4 nitrogen and oxygen atoms in total. The van der Waals surface area contributed by atoms with E-state index in [-0.39, 0.29) is 6.04 Å². The van der Waals surface area contributed by atoms with Crippen molar-refractivity contribution in [1.29, 1.82) is 0 Å². The molecule has 1 N–H and O–H groups in total. The van der Waals surface area contributed by atoms with Crippen molar-refractivity contribution < 1.29 is 0 Å². The fourth-order valence-electron chi connectivity index (χ4n) is 2.27. The van der Waals surface area contributed by atoms with Gasteiger partial charge in [0.25, 0.3) is 0 Å². The molecule has 0 bridgehead atoms. The third-order valence-electron chi connectivity index (χ3n) is 3.31. The zero-order chi connectivity index (χ0) is 14.8. The van der Waals surface area contributed by atoms with Gasteiger partial charge in [-0.05, 0) is 37.6 Å². The van der Waals surface area contributed by atoms with Crippen LogP contribution in [0.25, 0.3) is 10.9 Å². The first-order valence-corrected chi connectivity index (χ1v) is 7.11. The number of nitrogens with zero attached hydrogens (tertiary/aromatic N) is 3. The van der Waals surface area contributed by atoms with Gasteiger partial charge in [-0.1, -0.05) is 23.7 Å². The lowest BCUT2D eigenvalue weighted by atomic mass is 10.1. The fourth-order valence-corrected chi connectivity index (χ4v) is 2.47. The van der Waals surface area contributed by atoms with Crippen LogP contribution in [0.1, 0.15) is 24.4 Å². The van der Waals surface area contributed by atoms with Gasteiger partial charge in [0.05, 0.1) is 17.8 Å². The van der Waals surface area contributed by atoms with Gasteiger partial charge in [0.15, 0.2) is 0 Å². The van der Waals surface area contributed by atoms with Gasteiger partial charge >= 0.3 is 0 Å². The molecule has 1 atom stereocenters. The number of aryl methyl sites for hydroxylation is 1. The molecule has 0 aliphatic heterocycles. The third kappa shape index (κ3) is 2.95. The highest BCUT2D eigenvalue weighted by atomic mass is 35.5.